The number of hydrogen-bond acceptors (Lipinski definition) is 3. The minimum Gasteiger partial charge on any atom is -0.494 e. The molecule has 0 spiro atoms. The van der Waals surface area contributed by atoms with Crippen molar-refractivity contribution >= 4 is 29.0 Å². The van der Waals surface area contributed by atoms with E-state index in [0.29, 0.717) is 29.2 Å². The van der Waals surface area contributed by atoms with Crippen LogP contribution in [0.5, 0.6) is 5.75 Å². The fourth-order valence-corrected chi connectivity index (χ4v) is 2.60. The van der Waals surface area contributed by atoms with Gasteiger partial charge in [0, 0.05) is 11.4 Å². The maximum Gasteiger partial charge on any atom is 0.323 e. The molecule has 0 saturated heterocycles. The van der Waals surface area contributed by atoms with Gasteiger partial charge in [-0.25, -0.2) is 4.79 Å². The molecule has 28 heavy (non-hydrogen) atoms. The standard InChI is InChI=1S/C22H21N3O3/c1-2-28-18-14-12-17(13-15-18)23-21(26)19-10-6-7-11-20(19)25-22(27)24-16-8-4-3-5-9-16/h3-15H,2H2,1H3,(H,23,26)(H2,24,25,27). The van der Waals surface area contributed by atoms with Crippen LogP contribution in [-0.2, 0) is 0 Å². The highest BCUT2D eigenvalue weighted by Crippen LogP contribution is 2.20. The lowest BCUT2D eigenvalue weighted by atomic mass is 10.1. The number of rotatable bonds is 6. The smallest absolute Gasteiger partial charge is 0.323 e. The summed E-state index contributed by atoms with van der Waals surface area (Å²) < 4.78 is 5.40. The van der Waals surface area contributed by atoms with Crippen LogP contribution < -0.4 is 20.7 Å². The fourth-order valence-electron chi connectivity index (χ4n) is 2.60. The molecule has 0 saturated carbocycles. The lowest BCUT2D eigenvalue weighted by Crippen LogP contribution is -2.22. The summed E-state index contributed by atoms with van der Waals surface area (Å²) in [4.78, 5) is 24.9. The van der Waals surface area contributed by atoms with Crippen LogP contribution in [0.25, 0.3) is 0 Å². The molecule has 0 unspecified atom stereocenters. The van der Waals surface area contributed by atoms with Gasteiger partial charge < -0.3 is 20.7 Å². The van der Waals surface area contributed by atoms with Crippen molar-refractivity contribution in [1.82, 2.24) is 0 Å². The minimum atomic E-state index is -0.424. The van der Waals surface area contributed by atoms with Gasteiger partial charge in [-0.1, -0.05) is 30.3 Å². The Labute approximate surface area is 163 Å². The van der Waals surface area contributed by atoms with Gasteiger partial charge in [0.05, 0.1) is 17.9 Å². The highest BCUT2D eigenvalue weighted by Gasteiger charge is 2.13. The van der Waals surface area contributed by atoms with E-state index in [2.05, 4.69) is 16.0 Å². The van der Waals surface area contributed by atoms with E-state index in [1.807, 2.05) is 25.1 Å². The molecule has 3 N–H and O–H groups in total. The van der Waals surface area contributed by atoms with Gasteiger partial charge in [0.25, 0.3) is 5.91 Å². The Kier molecular flexibility index (Phi) is 6.25. The van der Waals surface area contributed by atoms with Crippen LogP contribution >= 0.6 is 0 Å². The molecule has 6 heteroatoms. The van der Waals surface area contributed by atoms with Crippen LogP contribution in [0.3, 0.4) is 0 Å². The highest BCUT2D eigenvalue weighted by atomic mass is 16.5. The zero-order valence-corrected chi connectivity index (χ0v) is 15.4. The molecule has 0 heterocycles. The third-order valence-electron chi connectivity index (χ3n) is 3.87. The number of anilines is 3. The van der Waals surface area contributed by atoms with Crippen LogP contribution in [0.1, 0.15) is 17.3 Å². The van der Waals surface area contributed by atoms with Gasteiger partial charge >= 0.3 is 6.03 Å². The first kappa shape index (κ1) is 19.0. The molecule has 3 amide bonds. The predicted molar refractivity (Wildman–Crippen MR) is 111 cm³/mol. The van der Waals surface area contributed by atoms with Gasteiger partial charge in [-0.05, 0) is 55.5 Å². The lowest BCUT2D eigenvalue weighted by molar-refractivity contribution is 0.102. The molecule has 0 fully saturated rings. The summed E-state index contributed by atoms with van der Waals surface area (Å²) in [6.45, 7) is 2.49. The number of benzene rings is 3. The van der Waals surface area contributed by atoms with Gasteiger partial charge in [0.15, 0.2) is 0 Å². The average molecular weight is 375 g/mol. The van der Waals surface area contributed by atoms with Crippen molar-refractivity contribution in [3.8, 4) is 5.75 Å². The number of amides is 3. The first-order chi connectivity index (χ1) is 13.7. The largest absolute Gasteiger partial charge is 0.494 e. The Balaban J connectivity index is 1.68. The number of urea groups is 1. The van der Waals surface area contributed by atoms with Crippen LogP contribution in [-0.4, -0.2) is 18.5 Å². The van der Waals surface area contributed by atoms with Crippen molar-refractivity contribution in [3.05, 3.63) is 84.4 Å². The van der Waals surface area contributed by atoms with Crippen LogP contribution in [0.2, 0.25) is 0 Å². The predicted octanol–water partition coefficient (Wildman–Crippen LogP) is 4.98. The van der Waals surface area contributed by atoms with Crippen molar-refractivity contribution in [3.63, 3.8) is 0 Å². The van der Waals surface area contributed by atoms with E-state index in [-0.39, 0.29) is 5.91 Å². The van der Waals surface area contributed by atoms with Crippen molar-refractivity contribution in [2.24, 2.45) is 0 Å². The van der Waals surface area contributed by atoms with E-state index < -0.39 is 6.03 Å². The van der Waals surface area contributed by atoms with Gasteiger partial charge in [0.2, 0.25) is 0 Å². The lowest BCUT2D eigenvalue weighted by Gasteiger charge is -2.12. The number of nitrogens with one attached hydrogen (secondary N) is 3. The van der Waals surface area contributed by atoms with E-state index in [9.17, 15) is 9.59 Å². The zero-order valence-electron chi connectivity index (χ0n) is 15.4. The zero-order chi connectivity index (χ0) is 19.8. The SMILES string of the molecule is CCOc1ccc(NC(=O)c2ccccc2NC(=O)Nc2ccccc2)cc1. The third-order valence-corrected chi connectivity index (χ3v) is 3.87. The van der Waals surface area contributed by atoms with Crippen molar-refractivity contribution in [2.75, 3.05) is 22.6 Å². The maximum absolute atomic E-state index is 12.7. The Morgan fingerprint density at radius 3 is 2.11 bits per heavy atom. The number of para-hydroxylation sites is 2. The Hall–Kier alpha value is -3.80. The van der Waals surface area contributed by atoms with Gasteiger partial charge in [-0.15, -0.1) is 0 Å². The molecule has 0 aliphatic carbocycles. The Bertz CT molecular complexity index is 941. The molecule has 0 aromatic heterocycles. The molecule has 0 aliphatic rings. The quantitative estimate of drug-likeness (QED) is 0.568. The van der Waals surface area contributed by atoms with Crippen molar-refractivity contribution in [1.29, 1.82) is 0 Å². The van der Waals surface area contributed by atoms with E-state index in [4.69, 9.17) is 4.74 Å². The van der Waals surface area contributed by atoms with Gasteiger partial charge in [-0.3, -0.25) is 4.79 Å². The summed E-state index contributed by atoms with van der Waals surface area (Å²) >= 11 is 0. The van der Waals surface area contributed by atoms with Crippen molar-refractivity contribution in [2.45, 2.75) is 6.92 Å². The fraction of sp³-hybridized carbons (Fsp3) is 0.0909. The average Bonchev–Trinajstić information content (AvgIpc) is 2.71. The van der Waals surface area contributed by atoms with E-state index >= 15 is 0 Å². The molecule has 0 radical (unpaired) electrons. The number of carbonyl (C=O) groups excluding carboxylic acids is 2. The van der Waals surface area contributed by atoms with Crippen LogP contribution in [0.15, 0.2) is 78.9 Å². The first-order valence-electron chi connectivity index (χ1n) is 8.92. The molecule has 6 nitrogen and oxygen atoms in total. The molecule has 0 atom stereocenters. The van der Waals surface area contributed by atoms with E-state index in [1.54, 1.807) is 60.7 Å². The number of carbonyl (C=O) groups is 2. The first-order valence-corrected chi connectivity index (χ1v) is 8.92. The molecular formula is C22H21N3O3. The number of hydrogen-bond donors (Lipinski definition) is 3. The molecular weight excluding hydrogens is 354 g/mol. The molecule has 3 aromatic carbocycles. The summed E-state index contributed by atoms with van der Waals surface area (Å²) in [6, 6.07) is 22.6. The Morgan fingerprint density at radius 2 is 1.39 bits per heavy atom. The Morgan fingerprint density at radius 1 is 0.750 bits per heavy atom. The van der Waals surface area contributed by atoms with Crippen LogP contribution in [0.4, 0.5) is 21.9 Å². The second-order valence-electron chi connectivity index (χ2n) is 5.90. The normalized spacial score (nSPS) is 10.0. The second-order valence-corrected chi connectivity index (χ2v) is 5.90. The highest BCUT2D eigenvalue weighted by molar-refractivity contribution is 6.11. The molecule has 0 bridgehead atoms. The maximum atomic E-state index is 12.7. The molecule has 0 aliphatic heterocycles. The van der Waals surface area contributed by atoms with Crippen LogP contribution in [0, 0.1) is 0 Å². The molecule has 3 rings (SSSR count). The topological polar surface area (TPSA) is 79.5 Å². The summed E-state index contributed by atoms with van der Waals surface area (Å²) in [5.74, 6) is 0.417. The van der Waals surface area contributed by atoms with E-state index in [0.717, 1.165) is 5.75 Å². The van der Waals surface area contributed by atoms with Gasteiger partial charge in [-0.2, -0.15) is 0 Å². The summed E-state index contributed by atoms with van der Waals surface area (Å²) in [6.07, 6.45) is 0. The third kappa shape index (κ3) is 5.11. The summed E-state index contributed by atoms with van der Waals surface area (Å²) in [5.41, 5.74) is 2.08. The summed E-state index contributed by atoms with van der Waals surface area (Å²) in [5, 5.41) is 8.27. The minimum absolute atomic E-state index is 0.320. The summed E-state index contributed by atoms with van der Waals surface area (Å²) in [7, 11) is 0. The molecule has 142 valence electrons. The van der Waals surface area contributed by atoms with Gasteiger partial charge in [0.1, 0.15) is 5.75 Å². The second kappa shape index (κ2) is 9.23. The van der Waals surface area contributed by atoms with Crippen molar-refractivity contribution < 1.29 is 14.3 Å². The monoisotopic (exact) mass is 375 g/mol. The number of ether oxygens (including phenoxy) is 1. The molecule has 3 aromatic rings. The van der Waals surface area contributed by atoms with E-state index in [1.165, 1.54) is 0 Å².